The smallest absolute Gasteiger partial charge is 0.246 e. The van der Waals surface area contributed by atoms with Crippen molar-refractivity contribution in [2.45, 2.75) is 70.5 Å². The van der Waals surface area contributed by atoms with Crippen LogP contribution in [0.15, 0.2) is 60.7 Å². The van der Waals surface area contributed by atoms with Crippen LogP contribution in [0.4, 0.5) is 0 Å². The van der Waals surface area contributed by atoms with E-state index < -0.39 is 11.6 Å². The van der Waals surface area contributed by atoms with Crippen molar-refractivity contribution < 1.29 is 9.59 Å². The number of carbonyl (C=O) groups is 2. The Hall–Kier alpha value is -2.66. The van der Waals surface area contributed by atoms with E-state index in [4.69, 9.17) is 0 Å². The molecule has 2 saturated heterocycles. The second-order valence-electron chi connectivity index (χ2n) is 10.4. The molecule has 1 atom stereocenters. The van der Waals surface area contributed by atoms with E-state index >= 15 is 0 Å². The molecule has 5 nitrogen and oxygen atoms in total. The predicted octanol–water partition coefficient (Wildman–Crippen LogP) is 4.42. The zero-order chi connectivity index (χ0) is 24.0. The minimum atomic E-state index is -0.735. The number of unbranched alkanes of at least 4 members (excludes halogenated alkanes) is 1. The normalized spacial score (nSPS) is 20.7. The molecule has 2 aromatic rings. The largest absolute Gasteiger partial charge is 0.342 e. The molecule has 0 radical (unpaired) electrons. The van der Waals surface area contributed by atoms with Gasteiger partial charge in [-0.25, -0.2) is 0 Å². The predicted molar refractivity (Wildman–Crippen MR) is 136 cm³/mol. The molecule has 182 valence electrons. The zero-order valence-corrected chi connectivity index (χ0v) is 20.7. The Labute approximate surface area is 204 Å². The van der Waals surface area contributed by atoms with Crippen LogP contribution in [0, 0.1) is 5.92 Å². The molecule has 34 heavy (non-hydrogen) atoms. The molecule has 4 rings (SSSR count). The third kappa shape index (κ3) is 5.69. The highest BCUT2D eigenvalue weighted by atomic mass is 16.2. The lowest BCUT2D eigenvalue weighted by Gasteiger charge is -2.52. The van der Waals surface area contributed by atoms with Crippen LogP contribution in [0.3, 0.4) is 0 Å². The standard InChI is InChI=1S/C29H39N3O2/c1-23(2)21-26-27(33)32(22-25-14-7-4-8-15-25)29(28(34)30-26)16-19-31(20-17-29)18-10-9-13-24-11-5-3-6-12-24/h3-8,11-12,14-15,23,26H,9-10,13,16-22H2,1-2H3,(H,30,34). The number of nitrogens with zero attached hydrogens (tertiary/aromatic N) is 2. The lowest BCUT2D eigenvalue weighted by molar-refractivity contribution is -0.162. The van der Waals surface area contributed by atoms with E-state index in [0.717, 1.165) is 38.0 Å². The van der Waals surface area contributed by atoms with Crippen molar-refractivity contribution in [3.63, 3.8) is 0 Å². The fourth-order valence-corrected chi connectivity index (χ4v) is 5.46. The van der Waals surface area contributed by atoms with Crippen molar-refractivity contribution in [2.75, 3.05) is 19.6 Å². The molecule has 1 N–H and O–H groups in total. The Kier molecular flexibility index (Phi) is 8.04. The van der Waals surface area contributed by atoms with Crippen LogP contribution in [-0.2, 0) is 22.6 Å². The summed E-state index contributed by atoms with van der Waals surface area (Å²) in [6.45, 7) is 7.45. The van der Waals surface area contributed by atoms with Gasteiger partial charge in [0.15, 0.2) is 0 Å². The van der Waals surface area contributed by atoms with E-state index in [1.807, 2.05) is 35.2 Å². The Bertz CT molecular complexity index is 936. The van der Waals surface area contributed by atoms with Crippen molar-refractivity contribution >= 4 is 11.8 Å². The number of piperidine rings is 1. The van der Waals surface area contributed by atoms with Crippen molar-refractivity contribution in [3.8, 4) is 0 Å². The van der Waals surface area contributed by atoms with Gasteiger partial charge in [0.25, 0.3) is 0 Å². The van der Waals surface area contributed by atoms with Gasteiger partial charge in [0.1, 0.15) is 11.6 Å². The fourth-order valence-electron chi connectivity index (χ4n) is 5.46. The molecule has 2 aromatic carbocycles. The Morgan fingerprint density at radius 2 is 1.53 bits per heavy atom. The van der Waals surface area contributed by atoms with Crippen LogP contribution in [0.1, 0.15) is 57.1 Å². The molecule has 0 saturated carbocycles. The number of aryl methyl sites for hydroxylation is 1. The van der Waals surface area contributed by atoms with E-state index in [9.17, 15) is 9.59 Å². The van der Waals surface area contributed by atoms with Gasteiger partial charge in [-0.15, -0.1) is 0 Å². The van der Waals surface area contributed by atoms with Gasteiger partial charge >= 0.3 is 0 Å². The van der Waals surface area contributed by atoms with Gasteiger partial charge < -0.3 is 15.1 Å². The first-order chi connectivity index (χ1) is 16.5. The van der Waals surface area contributed by atoms with E-state index in [2.05, 4.69) is 54.4 Å². The molecule has 1 spiro atoms. The molecule has 2 fully saturated rings. The summed E-state index contributed by atoms with van der Waals surface area (Å²) >= 11 is 0. The molecular formula is C29H39N3O2. The summed E-state index contributed by atoms with van der Waals surface area (Å²) in [7, 11) is 0. The molecule has 0 bridgehead atoms. The van der Waals surface area contributed by atoms with Crippen molar-refractivity contribution in [1.29, 1.82) is 0 Å². The number of amides is 2. The van der Waals surface area contributed by atoms with Crippen LogP contribution in [0.5, 0.6) is 0 Å². The Morgan fingerprint density at radius 1 is 0.912 bits per heavy atom. The molecular weight excluding hydrogens is 422 g/mol. The minimum Gasteiger partial charge on any atom is -0.342 e. The number of nitrogens with one attached hydrogen (secondary N) is 1. The number of rotatable bonds is 9. The summed E-state index contributed by atoms with van der Waals surface area (Å²) in [5.41, 5.74) is 1.74. The second kappa shape index (κ2) is 11.2. The summed E-state index contributed by atoms with van der Waals surface area (Å²) in [5.74, 6) is 0.463. The Balaban J connectivity index is 1.39. The number of carbonyl (C=O) groups excluding carboxylic acids is 2. The van der Waals surface area contributed by atoms with Crippen LogP contribution in [-0.4, -0.2) is 52.8 Å². The zero-order valence-electron chi connectivity index (χ0n) is 20.7. The van der Waals surface area contributed by atoms with E-state index in [1.165, 1.54) is 12.0 Å². The second-order valence-corrected chi connectivity index (χ2v) is 10.4. The maximum absolute atomic E-state index is 13.6. The Morgan fingerprint density at radius 3 is 2.15 bits per heavy atom. The van der Waals surface area contributed by atoms with Crippen molar-refractivity contribution in [3.05, 3.63) is 71.8 Å². The highest BCUT2D eigenvalue weighted by molar-refractivity contribution is 6.00. The minimum absolute atomic E-state index is 0.0393. The summed E-state index contributed by atoms with van der Waals surface area (Å²) in [6, 6.07) is 20.3. The fraction of sp³-hybridized carbons (Fsp3) is 0.517. The molecule has 2 aliphatic rings. The SMILES string of the molecule is CC(C)CC1NC(=O)C2(CCN(CCCCc3ccccc3)CC2)N(Cc2ccccc2)C1=O. The van der Waals surface area contributed by atoms with Gasteiger partial charge in [0.05, 0.1) is 0 Å². The monoisotopic (exact) mass is 461 g/mol. The summed E-state index contributed by atoms with van der Waals surface area (Å²) in [6.07, 6.45) is 5.50. The molecule has 2 amide bonds. The van der Waals surface area contributed by atoms with Gasteiger partial charge in [-0.1, -0.05) is 74.5 Å². The number of hydrogen-bond acceptors (Lipinski definition) is 3. The lowest BCUT2D eigenvalue weighted by atomic mass is 9.80. The first-order valence-corrected chi connectivity index (χ1v) is 12.9. The van der Waals surface area contributed by atoms with Gasteiger partial charge in [0, 0.05) is 19.6 Å². The lowest BCUT2D eigenvalue weighted by Crippen LogP contribution is -2.72. The van der Waals surface area contributed by atoms with Gasteiger partial charge in [-0.3, -0.25) is 9.59 Å². The molecule has 2 aliphatic heterocycles. The third-order valence-electron chi connectivity index (χ3n) is 7.42. The highest BCUT2D eigenvalue weighted by Gasteiger charge is 2.53. The molecule has 5 heteroatoms. The van der Waals surface area contributed by atoms with E-state index in [0.29, 0.717) is 31.7 Å². The third-order valence-corrected chi connectivity index (χ3v) is 7.42. The number of hydrogen-bond donors (Lipinski definition) is 1. The first kappa shape index (κ1) is 24.5. The van der Waals surface area contributed by atoms with Gasteiger partial charge in [0.2, 0.25) is 11.8 Å². The van der Waals surface area contributed by atoms with Gasteiger partial charge in [-0.05, 0) is 62.1 Å². The highest BCUT2D eigenvalue weighted by Crippen LogP contribution is 2.35. The maximum Gasteiger partial charge on any atom is 0.246 e. The van der Waals surface area contributed by atoms with Crippen LogP contribution in [0.2, 0.25) is 0 Å². The van der Waals surface area contributed by atoms with Crippen LogP contribution < -0.4 is 5.32 Å². The summed E-state index contributed by atoms with van der Waals surface area (Å²) in [5, 5.41) is 3.11. The molecule has 0 aliphatic carbocycles. The summed E-state index contributed by atoms with van der Waals surface area (Å²) < 4.78 is 0. The maximum atomic E-state index is 13.6. The molecule has 1 unspecified atom stereocenters. The van der Waals surface area contributed by atoms with Crippen molar-refractivity contribution in [1.82, 2.24) is 15.1 Å². The number of benzene rings is 2. The average Bonchev–Trinajstić information content (AvgIpc) is 2.85. The number of likely N-dealkylation sites (tertiary alicyclic amines) is 1. The molecule has 0 aromatic heterocycles. The van der Waals surface area contributed by atoms with E-state index in [1.54, 1.807) is 0 Å². The topological polar surface area (TPSA) is 52.7 Å². The van der Waals surface area contributed by atoms with Crippen LogP contribution in [0.25, 0.3) is 0 Å². The van der Waals surface area contributed by atoms with E-state index in [-0.39, 0.29) is 11.8 Å². The van der Waals surface area contributed by atoms with Crippen LogP contribution >= 0.6 is 0 Å². The van der Waals surface area contributed by atoms with Gasteiger partial charge in [-0.2, -0.15) is 0 Å². The quantitative estimate of drug-likeness (QED) is 0.563. The van der Waals surface area contributed by atoms with Crippen molar-refractivity contribution in [2.24, 2.45) is 5.92 Å². The summed E-state index contributed by atoms with van der Waals surface area (Å²) in [4.78, 5) is 31.5. The molecule has 2 heterocycles. The average molecular weight is 462 g/mol. The number of piperazine rings is 1. The first-order valence-electron chi connectivity index (χ1n) is 12.9.